The number of hydrogen-bond donors (Lipinski definition) is 1. The fourth-order valence-electron chi connectivity index (χ4n) is 3.47. The molecule has 0 radical (unpaired) electrons. The highest BCUT2D eigenvalue weighted by Crippen LogP contribution is 2.33. The molecule has 0 aliphatic carbocycles. The molecule has 4 nitrogen and oxygen atoms in total. The number of rotatable bonds is 7. The number of halogens is 2. The van der Waals surface area contributed by atoms with Crippen LogP contribution in [0.25, 0.3) is 16.8 Å². The number of nitrogens with zero attached hydrogens (tertiary/aromatic N) is 1. The second-order valence-electron chi connectivity index (χ2n) is 7.62. The third kappa shape index (κ3) is 6.04. The molecule has 168 valence electrons. The highest BCUT2D eigenvalue weighted by atomic mass is 127. The molecule has 0 fully saturated rings. The predicted molar refractivity (Wildman–Crippen MR) is 147 cm³/mol. The van der Waals surface area contributed by atoms with E-state index in [0.29, 0.717) is 13.2 Å². The van der Waals surface area contributed by atoms with E-state index in [4.69, 9.17) is 4.74 Å². The summed E-state index contributed by atoms with van der Waals surface area (Å²) < 4.78 is 7.74. The van der Waals surface area contributed by atoms with Gasteiger partial charge in [-0.05, 0) is 90.3 Å². The maximum atomic E-state index is 12.5. The molecule has 0 saturated carbocycles. The van der Waals surface area contributed by atoms with Gasteiger partial charge in [0.15, 0.2) is 0 Å². The zero-order valence-electron chi connectivity index (χ0n) is 18.1. The van der Waals surface area contributed by atoms with Crippen molar-refractivity contribution in [2.45, 2.75) is 13.2 Å². The fourth-order valence-corrected chi connectivity index (χ4v) is 5.24. The highest BCUT2D eigenvalue weighted by Gasteiger charge is 2.12. The Bertz CT molecular complexity index is 1390. The monoisotopic (exact) mass is 622 g/mol. The van der Waals surface area contributed by atoms with Crippen LogP contribution in [0.2, 0.25) is 0 Å². The van der Waals surface area contributed by atoms with Gasteiger partial charge in [-0.1, -0.05) is 66.7 Å². The summed E-state index contributed by atoms with van der Waals surface area (Å²) in [5.41, 5.74) is 2.83. The van der Waals surface area contributed by atoms with Gasteiger partial charge < -0.3 is 10.1 Å². The van der Waals surface area contributed by atoms with Gasteiger partial charge in [-0.25, -0.2) is 0 Å². The molecule has 4 aromatic carbocycles. The van der Waals surface area contributed by atoms with E-state index in [-0.39, 0.29) is 5.57 Å². The summed E-state index contributed by atoms with van der Waals surface area (Å²) in [6.45, 7) is 0.793. The molecule has 0 aromatic heterocycles. The molecule has 0 heterocycles. The highest BCUT2D eigenvalue weighted by molar-refractivity contribution is 14.1. The third-order valence-corrected chi connectivity index (χ3v) is 6.58. The number of amides is 1. The lowest BCUT2D eigenvalue weighted by Crippen LogP contribution is -2.23. The van der Waals surface area contributed by atoms with Crippen LogP contribution in [-0.4, -0.2) is 5.91 Å². The van der Waals surface area contributed by atoms with Gasteiger partial charge in [0.05, 0.1) is 8.04 Å². The van der Waals surface area contributed by atoms with Crippen LogP contribution in [0.4, 0.5) is 0 Å². The topological polar surface area (TPSA) is 62.1 Å². The van der Waals surface area contributed by atoms with E-state index in [1.165, 1.54) is 10.8 Å². The predicted octanol–water partition coefficient (Wildman–Crippen LogP) is 7.01. The summed E-state index contributed by atoms with van der Waals surface area (Å²) in [6, 6.07) is 29.8. The standard InChI is InChI=1S/C28H20BrIN2O2/c29-25-14-21(13-24(16-31)28(33)32-17-19-6-2-1-3-7-19)15-26(30)27(25)34-18-20-10-11-22-8-4-5-9-23(22)12-20/h1-15H,17-18H2,(H,32,33)/b24-13-. The van der Waals surface area contributed by atoms with E-state index >= 15 is 0 Å². The van der Waals surface area contributed by atoms with Crippen molar-refractivity contribution in [3.8, 4) is 11.8 Å². The third-order valence-electron chi connectivity index (χ3n) is 5.19. The largest absolute Gasteiger partial charge is 0.487 e. The van der Waals surface area contributed by atoms with E-state index in [9.17, 15) is 10.1 Å². The SMILES string of the molecule is N#C/C(=C/c1cc(Br)c(OCc2ccc3ccccc3c2)c(I)c1)C(=O)NCc1ccccc1. The van der Waals surface area contributed by atoms with E-state index in [2.05, 4.69) is 74.2 Å². The van der Waals surface area contributed by atoms with Crippen LogP contribution >= 0.6 is 38.5 Å². The smallest absolute Gasteiger partial charge is 0.262 e. The lowest BCUT2D eigenvalue weighted by molar-refractivity contribution is -0.117. The molecule has 0 aliphatic rings. The number of carbonyl (C=O) groups is 1. The number of fused-ring (bicyclic) bond motifs is 1. The molecule has 0 bridgehead atoms. The van der Waals surface area contributed by atoms with E-state index in [0.717, 1.165) is 30.5 Å². The first kappa shape index (κ1) is 24.0. The van der Waals surface area contributed by atoms with E-state index in [1.807, 2.05) is 60.7 Å². The molecule has 34 heavy (non-hydrogen) atoms. The Morgan fingerprint density at radius 2 is 1.71 bits per heavy atom. The van der Waals surface area contributed by atoms with Gasteiger partial charge in [0.1, 0.15) is 24.0 Å². The van der Waals surface area contributed by atoms with Crippen molar-refractivity contribution in [3.63, 3.8) is 0 Å². The maximum absolute atomic E-state index is 12.5. The summed E-state index contributed by atoms with van der Waals surface area (Å²) >= 11 is 5.78. The summed E-state index contributed by atoms with van der Waals surface area (Å²) in [4.78, 5) is 12.5. The molecule has 0 spiro atoms. The van der Waals surface area contributed by atoms with Gasteiger partial charge in [-0.15, -0.1) is 0 Å². The van der Waals surface area contributed by atoms with Crippen LogP contribution in [0.15, 0.2) is 95.0 Å². The average Bonchev–Trinajstić information content (AvgIpc) is 2.86. The number of hydrogen-bond acceptors (Lipinski definition) is 3. The number of ether oxygens (including phenoxy) is 1. The van der Waals surface area contributed by atoms with Gasteiger partial charge in [-0.2, -0.15) is 5.26 Å². The normalized spacial score (nSPS) is 11.1. The first-order valence-electron chi connectivity index (χ1n) is 10.6. The summed E-state index contributed by atoms with van der Waals surface area (Å²) in [5, 5.41) is 14.7. The van der Waals surface area contributed by atoms with Crippen LogP contribution in [-0.2, 0) is 17.9 Å². The molecule has 6 heteroatoms. The Morgan fingerprint density at radius 3 is 2.44 bits per heavy atom. The van der Waals surface area contributed by atoms with Gasteiger partial charge in [0.2, 0.25) is 0 Å². The van der Waals surface area contributed by atoms with Crippen LogP contribution in [0.5, 0.6) is 5.75 Å². The van der Waals surface area contributed by atoms with Gasteiger partial charge in [0, 0.05) is 6.54 Å². The van der Waals surface area contributed by atoms with Crippen molar-refractivity contribution < 1.29 is 9.53 Å². The van der Waals surface area contributed by atoms with Crippen LogP contribution < -0.4 is 10.1 Å². The summed E-state index contributed by atoms with van der Waals surface area (Å²) in [7, 11) is 0. The van der Waals surface area contributed by atoms with Crippen molar-refractivity contribution in [1.29, 1.82) is 5.26 Å². The van der Waals surface area contributed by atoms with Gasteiger partial charge in [0.25, 0.3) is 5.91 Å². The first-order chi connectivity index (χ1) is 16.5. The Kier molecular flexibility index (Phi) is 7.99. The van der Waals surface area contributed by atoms with Crippen molar-refractivity contribution in [2.24, 2.45) is 0 Å². The van der Waals surface area contributed by atoms with E-state index < -0.39 is 5.91 Å². The minimum absolute atomic E-state index is 0.0449. The zero-order valence-corrected chi connectivity index (χ0v) is 21.8. The molecule has 0 aliphatic heterocycles. The fraction of sp³-hybridized carbons (Fsp3) is 0.0714. The minimum atomic E-state index is -0.408. The molecule has 1 N–H and O–H groups in total. The average molecular weight is 623 g/mol. The number of benzene rings is 4. The molecular weight excluding hydrogens is 603 g/mol. The lowest BCUT2D eigenvalue weighted by atomic mass is 10.1. The summed E-state index contributed by atoms with van der Waals surface area (Å²) in [5.74, 6) is 0.312. The maximum Gasteiger partial charge on any atom is 0.262 e. The van der Waals surface area contributed by atoms with Crippen molar-refractivity contribution in [2.75, 3.05) is 0 Å². The number of nitrogens with one attached hydrogen (secondary N) is 1. The molecule has 0 saturated heterocycles. The van der Waals surface area contributed by atoms with Crippen LogP contribution in [0.1, 0.15) is 16.7 Å². The number of nitriles is 1. The molecule has 1 amide bonds. The molecule has 4 aromatic rings. The van der Waals surface area contributed by atoms with Crippen LogP contribution in [0, 0.1) is 14.9 Å². The Balaban J connectivity index is 1.46. The zero-order chi connectivity index (χ0) is 23.9. The van der Waals surface area contributed by atoms with Gasteiger partial charge in [-0.3, -0.25) is 4.79 Å². The quantitative estimate of drug-likeness (QED) is 0.137. The Labute approximate surface area is 220 Å². The second-order valence-corrected chi connectivity index (χ2v) is 9.64. The van der Waals surface area contributed by atoms with Crippen molar-refractivity contribution in [3.05, 3.63) is 115 Å². The second kappa shape index (κ2) is 11.3. The lowest BCUT2D eigenvalue weighted by Gasteiger charge is -2.12. The van der Waals surface area contributed by atoms with Gasteiger partial charge >= 0.3 is 0 Å². The number of carbonyl (C=O) groups excluding carboxylic acids is 1. The Hall–Kier alpha value is -3.15. The van der Waals surface area contributed by atoms with E-state index in [1.54, 1.807) is 6.08 Å². The molecular formula is C28H20BrIN2O2. The molecule has 0 unspecified atom stereocenters. The Morgan fingerprint density at radius 1 is 0.971 bits per heavy atom. The minimum Gasteiger partial charge on any atom is -0.487 e. The molecule has 0 atom stereocenters. The van der Waals surface area contributed by atoms with Crippen LogP contribution in [0.3, 0.4) is 0 Å². The molecule has 4 rings (SSSR count). The summed E-state index contributed by atoms with van der Waals surface area (Å²) in [6.07, 6.45) is 1.58. The first-order valence-corrected chi connectivity index (χ1v) is 12.4. The van der Waals surface area contributed by atoms with Crippen molar-refractivity contribution >= 4 is 61.3 Å². The van der Waals surface area contributed by atoms with Crippen molar-refractivity contribution in [1.82, 2.24) is 5.32 Å².